The molecule has 21 heavy (non-hydrogen) atoms. The summed E-state index contributed by atoms with van der Waals surface area (Å²) < 4.78 is 5.14. The van der Waals surface area contributed by atoms with Crippen LogP contribution >= 0.6 is 11.6 Å². The molecule has 0 radical (unpaired) electrons. The van der Waals surface area contributed by atoms with Gasteiger partial charge in [-0.25, -0.2) is 0 Å². The first-order chi connectivity index (χ1) is 10.1. The van der Waals surface area contributed by atoms with Crippen LogP contribution in [0.1, 0.15) is 11.1 Å². The summed E-state index contributed by atoms with van der Waals surface area (Å²) >= 11 is 6.02. The SMILES string of the molecule is COc1cccc(/C=C/C(=O)Nc2cccc(Cl)c2C)c1. The van der Waals surface area contributed by atoms with Crippen molar-refractivity contribution >= 4 is 29.3 Å². The minimum Gasteiger partial charge on any atom is -0.497 e. The Morgan fingerprint density at radius 1 is 1.24 bits per heavy atom. The molecule has 3 nitrogen and oxygen atoms in total. The van der Waals surface area contributed by atoms with Crippen LogP contribution in [0.3, 0.4) is 0 Å². The van der Waals surface area contributed by atoms with Crippen molar-refractivity contribution in [1.29, 1.82) is 0 Å². The number of halogens is 1. The molecule has 0 aliphatic carbocycles. The molecule has 0 aromatic heterocycles. The fraction of sp³-hybridized carbons (Fsp3) is 0.118. The molecule has 0 aliphatic rings. The van der Waals surface area contributed by atoms with Gasteiger partial charge in [0.1, 0.15) is 5.75 Å². The van der Waals surface area contributed by atoms with Crippen LogP contribution in [0, 0.1) is 6.92 Å². The first-order valence-electron chi connectivity index (χ1n) is 6.48. The summed E-state index contributed by atoms with van der Waals surface area (Å²) in [7, 11) is 1.61. The lowest BCUT2D eigenvalue weighted by molar-refractivity contribution is -0.111. The normalized spacial score (nSPS) is 10.6. The van der Waals surface area contributed by atoms with Crippen LogP contribution in [0.2, 0.25) is 5.02 Å². The Labute approximate surface area is 129 Å². The van der Waals surface area contributed by atoms with Crippen molar-refractivity contribution in [3.05, 3.63) is 64.7 Å². The van der Waals surface area contributed by atoms with Crippen molar-refractivity contribution in [3.8, 4) is 5.75 Å². The first kappa shape index (κ1) is 15.1. The molecule has 0 bridgehead atoms. The maximum Gasteiger partial charge on any atom is 0.248 e. The molecular formula is C17H16ClNO2. The number of benzene rings is 2. The Morgan fingerprint density at radius 3 is 2.76 bits per heavy atom. The number of amides is 1. The van der Waals surface area contributed by atoms with Gasteiger partial charge in [-0.3, -0.25) is 4.79 Å². The van der Waals surface area contributed by atoms with E-state index in [2.05, 4.69) is 5.32 Å². The molecule has 0 fully saturated rings. The van der Waals surface area contributed by atoms with E-state index >= 15 is 0 Å². The van der Waals surface area contributed by atoms with Crippen LogP contribution in [0.15, 0.2) is 48.5 Å². The summed E-state index contributed by atoms with van der Waals surface area (Å²) in [5.74, 6) is 0.548. The van der Waals surface area contributed by atoms with Crippen LogP contribution < -0.4 is 10.1 Å². The minimum atomic E-state index is -0.205. The Balaban J connectivity index is 2.07. The van der Waals surface area contributed by atoms with Gasteiger partial charge in [-0.2, -0.15) is 0 Å². The van der Waals surface area contributed by atoms with E-state index in [4.69, 9.17) is 16.3 Å². The molecule has 4 heteroatoms. The second-order valence-corrected chi connectivity index (χ2v) is 4.92. The first-order valence-corrected chi connectivity index (χ1v) is 6.86. The third kappa shape index (κ3) is 4.10. The third-order valence-electron chi connectivity index (χ3n) is 3.05. The lowest BCUT2D eigenvalue weighted by atomic mass is 10.2. The van der Waals surface area contributed by atoms with Gasteiger partial charge >= 0.3 is 0 Å². The minimum absolute atomic E-state index is 0.205. The fourth-order valence-corrected chi connectivity index (χ4v) is 2.01. The van der Waals surface area contributed by atoms with E-state index in [1.54, 1.807) is 25.3 Å². The van der Waals surface area contributed by atoms with Crippen LogP contribution in [-0.2, 0) is 4.79 Å². The van der Waals surface area contributed by atoms with Crippen LogP contribution in [0.25, 0.3) is 6.08 Å². The van der Waals surface area contributed by atoms with E-state index in [1.165, 1.54) is 6.08 Å². The Hall–Kier alpha value is -2.26. The molecule has 0 atom stereocenters. The number of rotatable bonds is 4. The molecule has 0 aliphatic heterocycles. The summed E-state index contributed by atoms with van der Waals surface area (Å²) in [6, 6.07) is 12.9. The second kappa shape index (κ2) is 6.95. The summed E-state index contributed by atoms with van der Waals surface area (Å²) in [5, 5.41) is 3.44. The molecule has 2 rings (SSSR count). The standard InChI is InChI=1S/C17H16ClNO2/c1-12-15(18)7-4-8-16(12)19-17(20)10-9-13-5-3-6-14(11-13)21-2/h3-11H,1-2H3,(H,19,20)/b10-9+. The van der Waals surface area contributed by atoms with E-state index in [9.17, 15) is 4.79 Å². The predicted octanol–water partition coefficient (Wildman–Crippen LogP) is 4.31. The summed E-state index contributed by atoms with van der Waals surface area (Å²) in [5.41, 5.74) is 2.46. The molecule has 0 heterocycles. The number of hydrogen-bond donors (Lipinski definition) is 1. The number of ether oxygens (including phenoxy) is 1. The maximum atomic E-state index is 11.9. The van der Waals surface area contributed by atoms with Gasteiger partial charge in [0.15, 0.2) is 0 Å². The molecular weight excluding hydrogens is 286 g/mol. The Kier molecular flexibility index (Phi) is 5.01. The lowest BCUT2D eigenvalue weighted by Gasteiger charge is -2.07. The van der Waals surface area contributed by atoms with Crippen molar-refractivity contribution < 1.29 is 9.53 Å². The van der Waals surface area contributed by atoms with Gasteiger partial charge in [0.05, 0.1) is 7.11 Å². The third-order valence-corrected chi connectivity index (χ3v) is 3.46. The van der Waals surface area contributed by atoms with Crippen molar-refractivity contribution in [3.63, 3.8) is 0 Å². The number of carbonyl (C=O) groups is 1. The smallest absolute Gasteiger partial charge is 0.248 e. The van der Waals surface area contributed by atoms with E-state index in [-0.39, 0.29) is 5.91 Å². The van der Waals surface area contributed by atoms with E-state index < -0.39 is 0 Å². The van der Waals surface area contributed by atoms with Gasteiger partial charge in [-0.1, -0.05) is 29.8 Å². The highest BCUT2D eigenvalue weighted by atomic mass is 35.5. The van der Waals surface area contributed by atoms with E-state index in [0.717, 1.165) is 16.9 Å². The molecule has 2 aromatic rings. The molecule has 0 spiro atoms. The fourth-order valence-electron chi connectivity index (χ4n) is 1.83. The maximum absolute atomic E-state index is 11.9. The van der Waals surface area contributed by atoms with Crippen LogP contribution in [-0.4, -0.2) is 13.0 Å². The van der Waals surface area contributed by atoms with Gasteiger partial charge in [0.25, 0.3) is 0 Å². The van der Waals surface area contributed by atoms with Crippen LogP contribution in [0.4, 0.5) is 5.69 Å². The average molecular weight is 302 g/mol. The predicted molar refractivity (Wildman–Crippen MR) is 86.8 cm³/mol. The van der Waals surface area contributed by atoms with Crippen LogP contribution in [0.5, 0.6) is 5.75 Å². The zero-order chi connectivity index (χ0) is 15.2. The van der Waals surface area contributed by atoms with Crippen molar-refractivity contribution in [2.75, 3.05) is 12.4 Å². The molecule has 108 valence electrons. The van der Waals surface area contributed by atoms with Crippen molar-refractivity contribution in [2.24, 2.45) is 0 Å². The Morgan fingerprint density at radius 2 is 2.00 bits per heavy atom. The molecule has 2 aromatic carbocycles. The summed E-state index contributed by atoms with van der Waals surface area (Å²) in [6.07, 6.45) is 3.22. The average Bonchev–Trinajstić information content (AvgIpc) is 2.50. The number of methoxy groups -OCH3 is 1. The highest BCUT2D eigenvalue weighted by Crippen LogP contribution is 2.23. The van der Waals surface area contributed by atoms with Crippen molar-refractivity contribution in [1.82, 2.24) is 0 Å². The second-order valence-electron chi connectivity index (χ2n) is 4.51. The summed E-state index contributed by atoms with van der Waals surface area (Å²) in [4.78, 5) is 11.9. The molecule has 0 saturated carbocycles. The number of hydrogen-bond acceptors (Lipinski definition) is 2. The number of anilines is 1. The zero-order valence-corrected chi connectivity index (χ0v) is 12.6. The van der Waals surface area contributed by atoms with Gasteiger partial charge in [-0.15, -0.1) is 0 Å². The highest BCUT2D eigenvalue weighted by molar-refractivity contribution is 6.31. The topological polar surface area (TPSA) is 38.3 Å². The van der Waals surface area contributed by atoms with Gasteiger partial charge in [0, 0.05) is 16.8 Å². The highest BCUT2D eigenvalue weighted by Gasteiger charge is 2.04. The number of carbonyl (C=O) groups excluding carboxylic acids is 1. The van der Waals surface area contributed by atoms with Crippen molar-refractivity contribution in [2.45, 2.75) is 6.92 Å². The van der Waals surface area contributed by atoms with Gasteiger partial charge < -0.3 is 10.1 Å². The molecule has 1 N–H and O–H groups in total. The van der Waals surface area contributed by atoms with Gasteiger partial charge in [0.2, 0.25) is 5.91 Å². The van der Waals surface area contributed by atoms with E-state index in [1.807, 2.05) is 37.3 Å². The summed E-state index contributed by atoms with van der Waals surface area (Å²) in [6.45, 7) is 1.86. The monoisotopic (exact) mass is 301 g/mol. The molecule has 1 amide bonds. The van der Waals surface area contributed by atoms with Gasteiger partial charge in [-0.05, 0) is 48.4 Å². The zero-order valence-electron chi connectivity index (χ0n) is 11.9. The van der Waals surface area contributed by atoms with E-state index in [0.29, 0.717) is 10.7 Å². The lowest BCUT2D eigenvalue weighted by Crippen LogP contribution is -2.08. The number of nitrogens with one attached hydrogen (secondary N) is 1. The Bertz CT molecular complexity index is 680. The molecule has 0 saturated heterocycles. The quantitative estimate of drug-likeness (QED) is 0.855. The largest absolute Gasteiger partial charge is 0.497 e. The molecule has 0 unspecified atom stereocenters.